The number of amides is 2. The lowest BCUT2D eigenvalue weighted by Crippen LogP contribution is -2.43. The Balaban J connectivity index is 1.56. The Labute approximate surface area is 161 Å². The van der Waals surface area contributed by atoms with Gasteiger partial charge in [0, 0.05) is 18.5 Å². The van der Waals surface area contributed by atoms with Crippen LogP contribution in [-0.2, 0) is 12.0 Å². The molecule has 144 valence electrons. The van der Waals surface area contributed by atoms with E-state index >= 15 is 0 Å². The fourth-order valence-electron chi connectivity index (χ4n) is 3.80. The van der Waals surface area contributed by atoms with Crippen LogP contribution in [0.3, 0.4) is 0 Å². The third kappa shape index (κ3) is 4.73. The highest BCUT2D eigenvalue weighted by Gasteiger charge is 2.35. The van der Waals surface area contributed by atoms with Crippen molar-refractivity contribution in [3.63, 3.8) is 0 Å². The second-order valence-corrected chi connectivity index (χ2v) is 7.10. The summed E-state index contributed by atoms with van der Waals surface area (Å²) in [6.07, 6.45) is 4.58. The fourth-order valence-corrected chi connectivity index (χ4v) is 3.80. The van der Waals surface area contributed by atoms with E-state index in [-0.39, 0.29) is 11.4 Å². The van der Waals surface area contributed by atoms with E-state index in [1.165, 1.54) is 18.4 Å². The first-order valence-corrected chi connectivity index (χ1v) is 9.44. The van der Waals surface area contributed by atoms with Gasteiger partial charge in [0.25, 0.3) is 0 Å². The lowest BCUT2D eigenvalue weighted by atomic mass is 9.79. The maximum atomic E-state index is 12.3. The van der Waals surface area contributed by atoms with Gasteiger partial charge in [0.1, 0.15) is 11.5 Å². The number of carbonyl (C=O) groups is 1. The van der Waals surface area contributed by atoms with Crippen LogP contribution < -0.4 is 20.1 Å². The Bertz CT molecular complexity index is 735. The Kier molecular flexibility index (Phi) is 6.22. The summed E-state index contributed by atoms with van der Waals surface area (Å²) in [6.45, 7) is 1.14. The molecule has 0 spiro atoms. The van der Waals surface area contributed by atoms with Gasteiger partial charge in [-0.2, -0.15) is 0 Å². The summed E-state index contributed by atoms with van der Waals surface area (Å²) >= 11 is 0. The summed E-state index contributed by atoms with van der Waals surface area (Å²) in [5.41, 5.74) is 2.33. The van der Waals surface area contributed by atoms with Gasteiger partial charge in [-0.1, -0.05) is 37.1 Å². The van der Waals surface area contributed by atoms with Crippen molar-refractivity contribution in [3.05, 3.63) is 59.7 Å². The topological polar surface area (TPSA) is 59.6 Å². The van der Waals surface area contributed by atoms with Gasteiger partial charge in [-0.05, 0) is 48.2 Å². The first kappa shape index (κ1) is 19.1. The van der Waals surface area contributed by atoms with E-state index in [0.29, 0.717) is 13.1 Å². The molecule has 2 aromatic rings. The molecule has 0 atom stereocenters. The maximum absolute atomic E-state index is 12.3. The Morgan fingerprint density at radius 1 is 0.889 bits per heavy atom. The quantitative estimate of drug-likeness (QED) is 0.776. The molecular weight excluding hydrogens is 340 g/mol. The minimum atomic E-state index is -0.134. The van der Waals surface area contributed by atoms with Gasteiger partial charge in [-0.15, -0.1) is 0 Å². The van der Waals surface area contributed by atoms with Crippen LogP contribution in [0.5, 0.6) is 11.5 Å². The van der Waals surface area contributed by atoms with Gasteiger partial charge in [0.05, 0.1) is 14.2 Å². The van der Waals surface area contributed by atoms with Gasteiger partial charge >= 0.3 is 6.03 Å². The molecule has 1 aliphatic carbocycles. The minimum Gasteiger partial charge on any atom is -0.497 e. The van der Waals surface area contributed by atoms with E-state index in [4.69, 9.17) is 9.47 Å². The van der Waals surface area contributed by atoms with Crippen LogP contribution in [0.1, 0.15) is 36.8 Å². The zero-order chi connectivity index (χ0) is 19.1. The second-order valence-electron chi connectivity index (χ2n) is 7.10. The van der Waals surface area contributed by atoms with Crippen LogP contribution in [0.2, 0.25) is 0 Å². The molecule has 0 heterocycles. The largest absolute Gasteiger partial charge is 0.497 e. The molecule has 2 amide bonds. The lowest BCUT2D eigenvalue weighted by molar-refractivity contribution is 0.236. The summed E-state index contributed by atoms with van der Waals surface area (Å²) in [4.78, 5) is 12.3. The molecule has 27 heavy (non-hydrogen) atoms. The van der Waals surface area contributed by atoms with Gasteiger partial charge < -0.3 is 20.1 Å². The average Bonchev–Trinajstić information content (AvgIpc) is 3.21. The molecule has 1 saturated carbocycles. The zero-order valence-corrected chi connectivity index (χ0v) is 16.1. The van der Waals surface area contributed by atoms with Crippen LogP contribution in [-0.4, -0.2) is 26.8 Å². The van der Waals surface area contributed by atoms with E-state index in [9.17, 15) is 4.79 Å². The van der Waals surface area contributed by atoms with E-state index in [0.717, 1.165) is 29.9 Å². The Morgan fingerprint density at radius 2 is 1.44 bits per heavy atom. The molecular formula is C22H28N2O3. The number of rotatable bonds is 7. The number of urea groups is 1. The number of methoxy groups -OCH3 is 2. The molecule has 2 aromatic carbocycles. The van der Waals surface area contributed by atoms with Crippen molar-refractivity contribution >= 4 is 6.03 Å². The Hall–Kier alpha value is -2.69. The molecule has 1 fully saturated rings. The smallest absolute Gasteiger partial charge is 0.315 e. The van der Waals surface area contributed by atoms with E-state index in [1.54, 1.807) is 14.2 Å². The molecule has 0 unspecified atom stereocenters. The normalized spacial score (nSPS) is 15.2. The van der Waals surface area contributed by atoms with Crippen LogP contribution >= 0.6 is 0 Å². The monoisotopic (exact) mass is 368 g/mol. The molecule has 5 nitrogen and oxygen atoms in total. The first-order chi connectivity index (χ1) is 13.1. The van der Waals surface area contributed by atoms with Crippen molar-refractivity contribution in [3.8, 4) is 11.5 Å². The van der Waals surface area contributed by atoms with Crippen LogP contribution in [0.25, 0.3) is 0 Å². The van der Waals surface area contributed by atoms with Gasteiger partial charge in [0.2, 0.25) is 0 Å². The predicted octanol–water partition coefficient (Wildman–Crippen LogP) is 4.02. The molecule has 0 bridgehead atoms. The predicted molar refractivity (Wildman–Crippen MR) is 106 cm³/mol. The summed E-state index contributed by atoms with van der Waals surface area (Å²) in [5, 5.41) is 6.02. The molecule has 5 heteroatoms. The molecule has 0 aromatic heterocycles. The number of hydrogen-bond acceptors (Lipinski definition) is 3. The van der Waals surface area contributed by atoms with Gasteiger partial charge in [-0.25, -0.2) is 4.79 Å². The summed E-state index contributed by atoms with van der Waals surface area (Å²) in [6, 6.07) is 15.8. The summed E-state index contributed by atoms with van der Waals surface area (Å²) < 4.78 is 10.4. The van der Waals surface area contributed by atoms with Crippen molar-refractivity contribution < 1.29 is 14.3 Å². The SMILES string of the molecule is COc1ccc(CNC(=O)NCC2(c3ccc(OC)cc3)CCCC2)cc1. The third-order valence-corrected chi connectivity index (χ3v) is 5.46. The molecule has 3 rings (SSSR count). The number of nitrogens with one attached hydrogen (secondary N) is 2. The third-order valence-electron chi connectivity index (χ3n) is 5.46. The maximum Gasteiger partial charge on any atom is 0.315 e. The fraction of sp³-hybridized carbons (Fsp3) is 0.409. The highest BCUT2D eigenvalue weighted by atomic mass is 16.5. The van der Waals surface area contributed by atoms with Crippen LogP contribution in [0.4, 0.5) is 4.79 Å². The van der Waals surface area contributed by atoms with Gasteiger partial charge in [-0.3, -0.25) is 0 Å². The molecule has 1 aliphatic rings. The van der Waals surface area contributed by atoms with Crippen molar-refractivity contribution in [2.24, 2.45) is 0 Å². The standard InChI is InChI=1S/C22H28N2O3/c1-26-19-9-5-17(6-10-19)15-23-21(25)24-16-22(13-3-4-14-22)18-7-11-20(27-2)12-8-18/h5-12H,3-4,13-16H2,1-2H3,(H2,23,24,25). The molecule has 0 radical (unpaired) electrons. The first-order valence-electron chi connectivity index (χ1n) is 9.44. The lowest BCUT2D eigenvalue weighted by Gasteiger charge is -2.30. The van der Waals surface area contributed by atoms with E-state index in [1.807, 2.05) is 36.4 Å². The molecule has 0 aliphatic heterocycles. The number of hydrogen-bond donors (Lipinski definition) is 2. The average molecular weight is 368 g/mol. The van der Waals surface area contributed by atoms with E-state index < -0.39 is 0 Å². The number of benzene rings is 2. The Morgan fingerprint density at radius 3 is 2.00 bits per heavy atom. The van der Waals surface area contributed by atoms with Crippen molar-refractivity contribution in [2.75, 3.05) is 20.8 Å². The zero-order valence-electron chi connectivity index (χ0n) is 16.1. The van der Waals surface area contributed by atoms with Crippen LogP contribution in [0, 0.1) is 0 Å². The minimum absolute atomic E-state index is 0.0176. The highest BCUT2D eigenvalue weighted by Crippen LogP contribution is 2.41. The van der Waals surface area contributed by atoms with E-state index in [2.05, 4.69) is 22.8 Å². The molecule has 2 N–H and O–H groups in total. The van der Waals surface area contributed by atoms with Crippen molar-refractivity contribution in [1.82, 2.24) is 10.6 Å². The van der Waals surface area contributed by atoms with Crippen molar-refractivity contribution in [1.29, 1.82) is 0 Å². The highest BCUT2D eigenvalue weighted by molar-refractivity contribution is 5.74. The van der Waals surface area contributed by atoms with Gasteiger partial charge in [0.15, 0.2) is 0 Å². The number of carbonyl (C=O) groups excluding carboxylic acids is 1. The second kappa shape index (κ2) is 8.80. The number of ether oxygens (including phenoxy) is 2. The molecule has 0 saturated heterocycles. The summed E-state index contributed by atoms with van der Waals surface area (Å²) in [7, 11) is 3.32. The van der Waals surface area contributed by atoms with Crippen molar-refractivity contribution in [2.45, 2.75) is 37.6 Å². The van der Waals surface area contributed by atoms with Crippen LogP contribution in [0.15, 0.2) is 48.5 Å². The summed E-state index contributed by atoms with van der Waals surface area (Å²) in [5.74, 6) is 1.67.